The molecule has 0 bridgehead atoms. The number of oxazole rings is 1. The zero-order valence-corrected chi connectivity index (χ0v) is 13.7. The van der Waals surface area contributed by atoms with Crippen LogP contribution in [0, 0.1) is 19.8 Å². The maximum atomic E-state index is 10.7. The van der Waals surface area contributed by atoms with Gasteiger partial charge < -0.3 is 24.2 Å². The van der Waals surface area contributed by atoms with Crippen LogP contribution >= 0.6 is 0 Å². The fourth-order valence-electron chi connectivity index (χ4n) is 2.45. The summed E-state index contributed by atoms with van der Waals surface area (Å²) < 4.78 is 5.68. The summed E-state index contributed by atoms with van der Waals surface area (Å²) in [5.74, 6) is -3.51. The summed E-state index contributed by atoms with van der Waals surface area (Å²) in [7, 11) is 0. The average molecular weight is 329 g/mol. The van der Waals surface area contributed by atoms with Crippen LogP contribution in [0.4, 0.5) is 0 Å². The molecule has 24 heavy (non-hydrogen) atoms. The lowest BCUT2D eigenvalue weighted by Crippen LogP contribution is -2.43. The predicted molar refractivity (Wildman–Crippen MR) is 82.5 cm³/mol. The summed E-state index contributed by atoms with van der Waals surface area (Å²) in [4.78, 5) is 25.8. The fraction of sp³-hybridized carbons (Fsp3) is 0.389. The Bertz CT molecular complexity index is 704. The Morgan fingerprint density at radius 2 is 1.71 bits per heavy atom. The minimum Gasteiger partial charge on any atom is -0.549 e. The molecule has 0 saturated carbocycles. The van der Waals surface area contributed by atoms with Gasteiger partial charge in [-0.05, 0) is 45.2 Å². The molecule has 1 heterocycles. The monoisotopic (exact) mass is 329 g/mol. The lowest BCUT2D eigenvalue weighted by atomic mass is 10.0. The third kappa shape index (κ3) is 4.44. The van der Waals surface area contributed by atoms with E-state index in [1.54, 1.807) is 0 Å². The maximum absolute atomic E-state index is 10.7. The van der Waals surface area contributed by atoms with Gasteiger partial charge in [0.25, 0.3) is 0 Å². The largest absolute Gasteiger partial charge is 0.549 e. The van der Waals surface area contributed by atoms with E-state index >= 15 is 0 Å². The summed E-state index contributed by atoms with van der Waals surface area (Å²) >= 11 is 0. The molecule has 128 valence electrons. The van der Waals surface area contributed by atoms with Crippen molar-refractivity contribution in [2.24, 2.45) is 5.92 Å². The van der Waals surface area contributed by atoms with Gasteiger partial charge in [-0.15, -0.1) is 0 Å². The maximum Gasteiger partial charge on any atom is 0.226 e. The third-order valence-electron chi connectivity index (χ3n) is 3.92. The number of carboxylic acid groups (broad SMARTS) is 2. The van der Waals surface area contributed by atoms with Crippen molar-refractivity contribution >= 4 is 11.9 Å². The molecule has 2 rings (SSSR count). The lowest BCUT2D eigenvalue weighted by molar-refractivity contribution is -0.332. The third-order valence-corrected chi connectivity index (χ3v) is 3.92. The van der Waals surface area contributed by atoms with E-state index in [1.165, 1.54) is 0 Å². The van der Waals surface area contributed by atoms with Crippen LogP contribution in [-0.2, 0) is 16.0 Å². The van der Waals surface area contributed by atoms with Crippen molar-refractivity contribution in [3.05, 3.63) is 41.3 Å². The van der Waals surface area contributed by atoms with E-state index in [9.17, 15) is 19.8 Å². The number of rotatable bonds is 8. The Morgan fingerprint density at radius 3 is 2.29 bits per heavy atom. The molecule has 2 aromatic rings. The molecule has 0 aliphatic carbocycles. The van der Waals surface area contributed by atoms with Crippen LogP contribution < -0.4 is 10.2 Å². The van der Waals surface area contributed by atoms with Gasteiger partial charge in [0.05, 0.1) is 17.6 Å². The van der Waals surface area contributed by atoms with Crippen LogP contribution in [0.5, 0.6) is 0 Å². The smallest absolute Gasteiger partial charge is 0.226 e. The van der Waals surface area contributed by atoms with Gasteiger partial charge in [-0.25, -0.2) is 4.98 Å². The average Bonchev–Trinajstić information content (AvgIpc) is 2.88. The molecule has 6 nitrogen and oxygen atoms in total. The Hall–Kier alpha value is -2.63. The molecule has 1 aromatic heterocycles. The second-order valence-electron chi connectivity index (χ2n) is 5.82. The number of aryl methyl sites for hydroxylation is 3. The molecule has 0 aliphatic rings. The standard InChI is InChI=1S/C18H21NO5/c1-11-7-9-13(10-8-11)16-19-15(12(2)24-16)6-4-3-5-14(17(20)21)18(22)23/h7-10,14H,3-6H2,1-2H3,(H,20,21)(H,22,23)/p-2. The quantitative estimate of drug-likeness (QED) is 0.523. The number of hydrogen-bond acceptors (Lipinski definition) is 6. The number of hydrogen-bond donors (Lipinski definition) is 0. The first-order valence-electron chi connectivity index (χ1n) is 7.83. The Morgan fingerprint density at radius 1 is 1.08 bits per heavy atom. The fourth-order valence-corrected chi connectivity index (χ4v) is 2.45. The van der Waals surface area contributed by atoms with Crippen molar-refractivity contribution in [3.8, 4) is 11.5 Å². The highest BCUT2D eigenvalue weighted by Crippen LogP contribution is 2.23. The van der Waals surface area contributed by atoms with Crippen LogP contribution in [0.15, 0.2) is 28.7 Å². The molecule has 0 unspecified atom stereocenters. The molecule has 0 aliphatic heterocycles. The minimum atomic E-state index is -1.60. The van der Waals surface area contributed by atoms with E-state index in [-0.39, 0.29) is 6.42 Å². The first-order chi connectivity index (χ1) is 11.4. The lowest BCUT2D eigenvalue weighted by Gasteiger charge is -2.18. The van der Waals surface area contributed by atoms with Crippen LogP contribution in [-0.4, -0.2) is 16.9 Å². The zero-order valence-electron chi connectivity index (χ0n) is 13.7. The molecule has 6 heteroatoms. The van der Waals surface area contributed by atoms with Gasteiger partial charge in [-0.1, -0.05) is 24.1 Å². The van der Waals surface area contributed by atoms with Gasteiger partial charge >= 0.3 is 0 Å². The summed E-state index contributed by atoms with van der Waals surface area (Å²) in [5.41, 5.74) is 2.84. The minimum absolute atomic E-state index is 0.00755. The molecular weight excluding hydrogens is 310 g/mol. The molecule has 0 atom stereocenters. The molecule has 0 radical (unpaired) electrons. The van der Waals surface area contributed by atoms with E-state index in [0.717, 1.165) is 16.8 Å². The molecule has 0 fully saturated rings. The first kappa shape index (κ1) is 17.7. The van der Waals surface area contributed by atoms with Gasteiger partial charge in [-0.2, -0.15) is 0 Å². The number of carbonyl (C=O) groups is 2. The van der Waals surface area contributed by atoms with Gasteiger partial charge in [0.15, 0.2) is 0 Å². The number of benzene rings is 1. The molecule has 0 amide bonds. The van der Waals surface area contributed by atoms with Crippen molar-refractivity contribution in [2.45, 2.75) is 39.5 Å². The molecule has 0 saturated heterocycles. The van der Waals surface area contributed by atoms with Crippen molar-refractivity contribution in [3.63, 3.8) is 0 Å². The van der Waals surface area contributed by atoms with Crippen molar-refractivity contribution in [1.82, 2.24) is 4.98 Å². The Balaban J connectivity index is 1.93. The van der Waals surface area contributed by atoms with Gasteiger partial charge in [-0.3, -0.25) is 0 Å². The summed E-state index contributed by atoms with van der Waals surface area (Å²) in [5, 5.41) is 21.4. The topological polar surface area (TPSA) is 106 Å². The van der Waals surface area contributed by atoms with E-state index in [1.807, 2.05) is 38.1 Å². The van der Waals surface area contributed by atoms with E-state index in [4.69, 9.17) is 4.42 Å². The van der Waals surface area contributed by atoms with E-state index in [2.05, 4.69) is 4.98 Å². The number of aromatic nitrogens is 1. The number of nitrogens with zero attached hydrogens (tertiary/aromatic N) is 1. The van der Waals surface area contributed by atoms with Gasteiger partial charge in [0.1, 0.15) is 5.76 Å². The van der Waals surface area contributed by atoms with E-state index < -0.39 is 17.9 Å². The zero-order chi connectivity index (χ0) is 17.7. The Labute approximate surface area is 140 Å². The predicted octanol–water partition coefficient (Wildman–Crippen LogP) is 0.787. The highest BCUT2D eigenvalue weighted by molar-refractivity contribution is 5.90. The SMILES string of the molecule is Cc1ccc(-c2nc(CCCCC(C(=O)[O-])C(=O)[O-])c(C)o2)cc1. The number of unbranched alkanes of at least 4 members (excludes halogenated alkanes) is 1. The van der Waals surface area contributed by atoms with E-state index in [0.29, 0.717) is 30.9 Å². The number of aliphatic carboxylic acids is 2. The normalized spacial score (nSPS) is 11.0. The number of carbonyl (C=O) groups excluding carboxylic acids is 2. The summed E-state index contributed by atoms with van der Waals surface area (Å²) in [6.45, 7) is 3.83. The molecule has 0 N–H and O–H groups in total. The summed E-state index contributed by atoms with van der Waals surface area (Å²) in [6.07, 6.45) is 1.62. The second kappa shape index (κ2) is 7.77. The summed E-state index contributed by atoms with van der Waals surface area (Å²) in [6, 6.07) is 7.84. The molecule has 0 spiro atoms. The number of carboxylic acids is 2. The van der Waals surface area contributed by atoms with Crippen molar-refractivity contribution in [1.29, 1.82) is 0 Å². The van der Waals surface area contributed by atoms with Crippen LogP contribution in [0.2, 0.25) is 0 Å². The van der Waals surface area contributed by atoms with Crippen molar-refractivity contribution < 1.29 is 24.2 Å². The Kier molecular flexibility index (Phi) is 5.73. The van der Waals surface area contributed by atoms with Crippen LogP contribution in [0.3, 0.4) is 0 Å². The van der Waals surface area contributed by atoms with Crippen LogP contribution in [0.1, 0.15) is 36.3 Å². The van der Waals surface area contributed by atoms with Gasteiger partial charge in [0, 0.05) is 11.5 Å². The highest BCUT2D eigenvalue weighted by atomic mass is 16.4. The van der Waals surface area contributed by atoms with Crippen LogP contribution in [0.25, 0.3) is 11.5 Å². The highest BCUT2D eigenvalue weighted by Gasteiger charge is 2.13. The first-order valence-corrected chi connectivity index (χ1v) is 7.83. The van der Waals surface area contributed by atoms with Gasteiger partial charge in [0.2, 0.25) is 5.89 Å². The molecule has 1 aromatic carbocycles. The molecular formula is C18H19NO5-2. The van der Waals surface area contributed by atoms with Crippen molar-refractivity contribution in [2.75, 3.05) is 0 Å². The second-order valence-corrected chi connectivity index (χ2v) is 5.82.